The summed E-state index contributed by atoms with van der Waals surface area (Å²) < 4.78 is 5.24. The fraction of sp³-hybridized carbons (Fsp3) is 0.588. The van der Waals surface area contributed by atoms with Gasteiger partial charge in [0.15, 0.2) is 0 Å². The second kappa shape index (κ2) is 10.5. The Labute approximate surface area is 158 Å². The van der Waals surface area contributed by atoms with Crippen molar-refractivity contribution in [2.24, 2.45) is 5.92 Å². The van der Waals surface area contributed by atoms with Gasteiger partial charge in [0, 0.05) is 19.4 Å². The third-order valence-electron chi connectivity index (χ3n) is 4.28. The molecule has 3 rings (SSSR count). The zero-order valence-electron chi connectivity index (χ0n) is 14.2. The normalized spacial score (nSPS) is 17.0. The van der Waals surface area contributed by atoms with Gasteiger partial charge in [-0.05, 0) is 56.1 Å². The van der Waals surface area contributed by atoms with E-state index < -0.39 is 0 Å². The number of nitrogens with zero attached hydrogens (tertiary/aromatic N) is 2. The monoisotopic (exact) mass is 384 g/mol. The minimum absolute atomic E-state index is 0. The molecular formula is C17H25ClN4O2S. The Kier molecular flexibility index (Phi) is 8.37. The fourth-order valence-corrected chi connectivity index (χ4v) is 3.59. The van der Waals surface area contributed by atoms with Crippen molar-refractivity contribution in [1.82, 2.24) is 20.8 Å². The highest BCUT2D eigenvalue weighted by molar-refractivity contribution is 7.13. The van der Waals surface area contributed by atoms with Crippen LogP contribution >= 0.6 is 23.7 Å². The number of carbonyl (C=O) groups is 1. The molecule has 0 radical (unpaired) electrons. The van der Waals surface area contributed by atoms with Crippen LogP contribution in [0.3, 0.4) is 0 Å². The van der Waals surface area contributed by atoms with Crippen LogP contribution in [0.5, 0.6) is 0 Å². The lowest BCUT2D eigenvalue weighted by atomic mass is 9.96. The second-order valence-electron chi connectivity index (χ2n) is 6.19. The van der Waals surface area contributed by atoms with Gasteiger partial charge in [-0.3, -0.25) is 4.79 Å². The van der Waals surface area contributed by atoms with Gasteiger partial charge in [-0.2, -0.15) is 4.98 Å². The molecule has 1 atom stereocenters. The van der Waals surface area contributed by atoms with Crippen LogP contribution in [0.1, 0.15) is 38.0 Å². The van der Waals surface area contributed by atoms with E-state index in [2.05, 4.69) is 20.8 Å². The maximum absolute atomic E-state index is 11.9. The molecular weight excluding hydrogens is 360 g/mol. The highest BCUT2D eigenvalue weighted by atomic mass is 35.5. The highest BCUT2D eigenvalue weighted by Gasteiger charge is 2.13. The number of thiophene rings is 1. The molecule has 0 spiro atoms. The van der Waals surface area contributed by atoms with E-state index in [1.165, 1.54) is 12.8 Å². The first kappa shape index (κ1) is 19.9. The van der Waals surface area contributed by atoms with Gasteiger partial charge in [-0.25, -0.2) is 0 Å². The highest BCUT2D eigenvalue weighted by Crippen LogP contribution is 2.21. The Morgan fingerprint density at radius 3 is 3.16 bits per heavy atom. The number of hydrogen-bond donors (Lipinski definition) is 2. The maximum atomic E-state index is 11.9. The number of rotatable bonds is 8. The Morgan fingerprint density at radius 1 is 1.48 bits per heavy atom. The van der Waals surface area contributed by atoms with Gasteiger partial charge in [0.25, 0.3) is 0 Å². The molecule has 2 N–H and O–H groups in total. The third kappa shape index (κ3) is 6.41. The predicted octanol–water partition coefficient (Wildman–Crippen LogP) is 3.05. The molecule has 2 aromatic heterocycles. The Balaban J connectivity index is 0.00000225. The topological polar surface area (TPSA) is 80.0 Å². The van der Waals surface area contributed by atoms with Crippen LogP contribution in [-0.4, -0.2) is 35.7 Å². The third-order valence-corrected chi connectivity index (χ3v) is 5.14. The minimum Gasteiger partial charge on any atom is -0.356 e. The summed E-state index contributed by atoms with van der Waals surface area (Å²) in [4.78, 5) is 17.2. The van der Waals surface area contributed by atoms with Crippen molar-refractivity contribution in [3.05, 3.63) is 23.4 Å². The van der Waals surface area contributed by atoms with Gasteiger partial charge in [0.05, 0.1) is 4.88 Å². The molecule has 1 fully saturated rings. The smallest absolute Gasteiger partial charge is 0.226 e. The van der Waals surface area contributed by atoms with Crippen molar-refractivity contribution in [2.45, 2.75) is 38.5 Å². The van der Waals surface area contributed by atoms with E-state index in [1.807, 2.05) is 17.5 Å². The van der Waals surface area contributed by atoms with E-state index >= 15 is 0 Å². The second-order valence-corrected chi connectivity index (χ2v) is 7.14. The number of aryl methyl sites for hydroxylation is 1. The van der Waals surface area contributed by atoms with Crippen LogP contribution < -0.4 is 10.6 Å². The molecule has 0 bridgehead atoms. The molecule has 138 valence electrons. The van der Waals surface area contributed by atoms with Crippen molar-refractivity contribution in [3.8, 4) is 10.7 Å². The molecule has 0 aliphatic carbocycles. The molecule has 8 heteroatoms. The van der Waals surface area contributed by atoms with Crippen LogP contribution in [0.15, 0.2) is 22.0 Å². The molecule has 1 unspecified atom stereocenters. The number of aromatic nitrogens is 2. The molecule has 0 aromatic carbocycles. The van der Waals surface area contributed by atoms with E-state index in [-0.39, 0.29) is 18.3 Å². The number of piperidine rings is 1. The molecule has 3 heterocycles. The van der Waals surface area contributed by atoms with E-state index in [4.69, 9.17) is 4.52 Å². The first-order valence-corrected chi connectivity index (χ1v) is 9.53. The Bertz CT molecular complexity index is 626. The van der Waals surface area contributed by atoms with Gasteiger partial charge in [-0.1, -0.05) is 11.2 Å². The molecule has 1 amide bonds. The van der Waals surface area contributed by atoms with Gasteiger partial charge < -0.3 is 15.2 Å². The Morgan fingerprint density at radius 2 is 2.40 bits per heavy atom. The number of nitrogens with one attached hydrogen (secondary N) is 2. The van der Waals surface area contributed by atoms with Gasteiger partial charge >= 0.3 is 0 Å². The summed E-state index contributed by atoms with van der Waals surface area (Å²) in [6.45, 7) is 2.99. The molecule has 0 saturated carbocycles. The van der Waals surface area contributed by atoms with Crippen molar-refractivity contribution in [1.29, 1.82) is 0 Å². The molecule has 25 heavy (non-hydrogen) atoms. The zero-order chi connectivity index (χ0) is 16.6. The van der Waals surface area contributed by atoms with Crippen LogP contribution in [0.25, 0.3) is 10.7 Å². The number of amides is 1. The summed E-state index contributed by atoms with van der Waals surface area (Å²) in [5.41, 5.74) is 0. The van der Waals surface area contributed by atoms with Crippen LogP contribution in [-0.2, 0) is 11.2 Å². The van der Waals surface area contributed by atoms with Gasteiger partial charge in [0.1, 0.15) is 0 Å². The average Bonchev–Trinajstić information content (AvgIpc) is 3.27. The summed E-state index contributed by atoms with van der Waals surface area (Å²) in [6.07, 6.45) is 5.44. The summed E-state index contributed by atoms with van der Waals surface area (Å²) in [6, 6.07) is 3.93. The van der Waals surface area contributed by atoms with Crippen molar-refractivity contribution >= 4 is 29.7 Å². The van der Waals surface area contributed by atoms with Gasteiger partial charge in [-0.15, -0.1) is 23.7 Å². The first-order valence-electron chi connectivity index (χ1n) is 8.65. The van der Waals surface area contributed by atoms with E-state index in [0.717, 1.165) is 37.4 Å². The number of halogens is 1. The molecule has 1 aliphatic heterocycles. The van der Waals surface area contributed by atoms with Crippen molar-refractivity contribution in [2.75, 3.05) is 19.6 Å². The van der Waals surface area contributed by atoms with E-state index in [9.17, 15) is 4.79 Å². The summed E-state index contributed by atoms with van der Waals surface area (Å²) in [5.74, 6) is 2.04. The largest absolute Gasteiger partial charge is 0.356 e. The summed E-state index contributed by atoms with van der Waals surface area (Å²) >= 11 is 1.59. The standard InChI is InChI=1S/C17H24N4O2S.ClH/c22-15(19-10-8-13-4-2-9-18-12-13)6-1-7-16-20-17(21-23-16)14-5-3-11-24-14;/h3,5,11,13,18H,1-2,4,6-10,12H2,(H,19,22);1H. The average molecular weight is 385 g/mol. The summed E-state index contributed by atoms with van der Waals surface area (Å²) in [5, 5.41) is 12.4. The molecule has 1 saturated heterocycles. The lowest BCUT2D eigenvalue weighted by Crippen LogP contribution is -2.33. The fourth-order valence-electron chi connectivity index (χ4n) is 2.94. The molecule has 2 aromatic rings. The Hall–Kier alpha value is -1.44. The van der Waals surface area contributed by atoms with Crippen LogP contribution in [0, 0.1) is 5.92 Å². The maximum Gasteiger partial charge on any atom is 0.226 e. The van der Waals surface area contributed by atoms with E-state index in [0.29, 0.717) is 30.5 Å². The summed E-state index contributed by atoms with van der Waals surface area (Å²) in [7, 11) is 0. The number of hydrogen-bond acceptors (Lipinski definition) is 6. The molecule has 1 aliphatic rings. The SMILES string of the molecule is Cl.O=C(CCCc1nc(-c2cccs2)no1)NCCC1CCCNC1. The van der Waals surface area contributed by atoms with E-state index in [1.54, 1.807) is 11.3 Å². The quantitative estimate of drug-likeness (QED) is 0.731. The lowest BCUT2D eigenvalue weighted by Gasteiger charge is -2.22. The van der Waals surface area contributed by atoms with Gasteiger partial charge in [0.2, 0.25) is 17.6 Å². The van der Waals surface area contributed by atoms with Crippen molar-refractivity contribution < 1.29 is 9.32 Å². The number of carbonyl (C=O) groups excluding carboxylic acids is 1. The lowest BCUT2D eigenvalue weighted by molar-refractivity contribution is -0.121. The predicted molar refractivity (Wildman–Crippen MR) is 101 cm³/mol. The first-order chi connectivity index (χ1) is 11.8. The molecule has 6 nitrogen and oxygen atoms in total. The van der Waals surface area contributed by atoms with Crippen LogP contribution in [0.4, 0.5) is 0 Å². The minimum atomic E-state index is 0. The van der Waals surface area contributed by atoms with Crippen LogP contribution in [0.2, 0.25) is 0 Å². The zero-order valence-corrected chi connectivity index (χ0v) is 15.8. The van der Waals surface area contributed by atoms with Crippen molar-refractivity contribution in [3.63, 3.8) is 0 Å².